The lowest BCUT2D eigenvalue weighted by atomic mass is 9.78. The van der Waals surface area contributed by atoms with Crippen LogP contribution in [-0.2, 0) is 17.5 Å². The van der Waals surface area contributed by atoms with Crippen LogP contribution >= 0.6 is 0 Å². The normalized spacial score (nSPS) is 18.9. The Hall–Kier alpha value is -2.79. The monoisotopic (exact) mass is 434 g/mol. The van der Waals surface area contributed by atoms with Crippen molar-refractivity contribution in [3.05, 3.63) is 35.9 Å². The number of aliphatic hydroxyl groups excluding tert-OH is 1. The number of aromatic nitrogens is 5. The summed E-state index contributed by atoms with van der Waals surface area (Å²) in [7, 11) is 0. The zero-order chi connectivity index (χ0) is 21.6. The highest BCUT2D eigenvalue weighted by atomic mass is 19.4. The number of halogens is 3. The number of anilines is 1. The molecule has 2 aliphatic heterocycles. The molecule has 0 radical (unpaired) electrons. The lowest BCUT2D eigenvalue weighted by Gasteiger charge is -2.39. The third-order valence-corrected chi connectivity index (χ3v) is 6.19. The van der Waals surface area contributed by atoms with Crippen molar-refractivity contribution in [1.82, 2.24) is 24.7 Å². The van der Waals surface area contributed by atoms with E-state index in [1.165, 1.54) is 18.3 Å². The van der Waals surface area contributed by atoms with E-state index in [0.717, 1.165) is 56.4 Å². The van der Waals surface area contributed by atoms with Crippen LogP contribution in [0.25, 0.3) is 16.9 Å². The molecule has 0 aromatic carbocycles. The Morgan fingerprint density at radius 3 is 2.65 bits per heavy atom. The molecule has 1 spiro atoms. The van der Waals surface area contributed by atoms with E-state index in [0.29, 0.717) is 17.0 Å². The van der Waals surface area contributed by atoms with Gasteiger partial charge in [0.05, 0.1) is 25.1 Å². The standard InChI is InChI=1S/C20H21F3N6O2/c21-20(22,23)16-15(2-1-6-24-16)29-18-13(10-25-29)26-17(14(11-30)27-18)28-7-3-19(4-8-28)5-9-31-12-19/h1-2,6,10,30H,3-5,7-9,11-12H2. The number of piperidine rings is 1. The number of rotatable bonds is 3. The molecule has 2 fully saturated rings. The van der Waals surface area contributed by atoms with Gasteiger partial charge in [0.2, 0.25) is 0 Å². The second kappa shape index (κ2) is 7.41. The molecule has 0 bridgehead atoms. The van der Waals surface area contributed by atoms with Crippen molar-refractivity contribution in [1.29, 1.82) is 0 Å². The predicted octanol–water partition coefficient (Wildman–Crippen LogP) is 2.73. The molecule has 3 aromatic heterocycles. The van der Waals surface area contributed by atoms with E-state index in [1.807, 2.05) is 0 Å². The van der Waals surface area contributed by atoms with Gasteiger partial charge in [-0.2, -0.15) is 18.3 Å². The van der Waals surface area contributed by atoms with Crippen LogP contribution in [0.15, 0.2) is 24.5 Å². The minimum atomic E-state index is -4.64. The van der Waals surface area contributed by atoms with Gasteiger partial charge in [0.25, 0.3) is 0 Å². The van der Waals surface area contributed by atoms with Crippen LogP contribution < -0.4 is 4.90 Å². The molecule has 0 aliphatic carbocycles. The fraction of sp³-hybridized carbons (Fsp3) is 0.500. The van der Waals surface area contributed by atoms with E-state index >= 15 is 0 Å². The summed E-state index contributed by atoms with van der Waals surface area (Å²) in [6, 6.07) is 2.69. The van der Waals surface area contributed by atoms with E-state index in [9.17, 15) is 18.3 Å². The quantitative estimate of drug-likeness (QED) is 0.678. The summed E-state index contributed by atoms with van der Waals surface area (Å²) in [5, 5.41) is 14.0. The van der Waals surface area contributed by atoms with Gasteiger partial charge in [0.15, 0.2) is 17.2 Å². The summed E-state index contributed by atoms with van der Waals surface area (Å²) in [5.74, 6) is 0.547. The maximum absolute atomic E-state index is 13.4. The molecule has 2 aliphatic rings. The molecule has 31 heavy (non-hydrogen) atoms. The molecule has 0 saturated carbocycles. The van der Waals surface area contributed by atoms with Gasteiger partial charge in [-0.15, -0.1) is 0 Å². The summed E-state index contributed by atoms with van der Waals surface area (Å²) in [5.41, 5.74) is -0.274. The summed E-state index contributed by atoms with van der Waals surface area (Å²) >= 11 is 0. The number of aliphatic hydroxyl groups is 1. The molecule has 0 unspecified atom stereocenters. The number of pyridine rings is 1. The van der Waals surface area contributed by atoms with Gasteiger partial charge in [0, 0.05) is 25.9 Å². The zero-order valence-corrected chi connectivity index (χ0v) is 16.6. The van der Waals surface area contributed by atoms with Crippen LogP contribution in [-0.4, -0.2) is 56.1 Å². The molecule has 3 aromatic rings. The topological polar surface area (TPSA) is 89.2 Å². The van der Waals surface area contributed by atoms with Gasteiger partial charge < -0.3 is 14.7 Å². The first-order valence-electron chi connectivity index (χ1n) is 10.1. The van der Waals surface area contributed by atoms with Crippen LogP contribution in [0, 0.1) is 5.41 Å². The van der Waals surface area contributed by atoms with Gasteiger partial charge in [-0.25, -0.2) is 19.6 Å². The number of ether oxygens (including phenoxy) is 1. The van der Waals surface area contributed by atoms with Gasteiger partial charge in [-0.1, -0.05) is 0 Å². The van der Waals surface area contributed by atoms with Gasteiger partial charge in [0.1, 0.15) is 11.2 Å². The molecule has 2 saturated heterocycles. The van der Waals surface area contributed by atoms with Crippen LogP contribution in [0.1, 0.15) is 30.7 Å². The highest BCUT2D eigenvalue weighted by Gasteiger charge is 2.39. The Kier molecular flexibility index (Phi) is 4.82. The first-order valence-corrected chi connectivity index (χ1v) is 10.1. The molecule has 164 valence electrons. The van der Waals surface area contributed by atoms with E-state index in [2.05, 4.69) is 25.0 Å². The van der Waals surface area contributed by atoms with Crippen molar-refractivity contribution in [3.8, 4) is 5.69 Å². The van der Waals surface area contributed by atoms with Crippen molar-refractivity contribution in [3.63, 3.8) is 0 Å². The molecule has 11 heteroatoms. The first-order chi connectivity index (χ1) is 14.9. The van der Waals surface area contributed by atoms with Crippen molar-refractivity contribution in [2.45, 2.75) is 32.0 Å². The van der Waals surface area contributed by atoms with E-state index in [4.69, 9.17) is 4.74 Å². The Labute approximate surface area is 175 Å². The summed E-state index contributed by atoms with van der Waals surface area (Å²) < 4.78 is 46.9. The molecule has 1 N–H and O–H groups in total. The number of hydrogen-bond acceptors (Lipinski definition) is 7. The molecular weight excluding hydrogens is 413 g/mol. The van der Waals surface area contributed by atoms with Gasteiger partial charge in [-0.05, 0) is 36.8 Å². The van der Waals surface area contributed by atoms with Crippen LogP contribution in [0.5, 0.6) is 0 Å². The minimum Gasteiger partial charge on any atom is -0.390 e. The third kappa shape index (κ3) is 3.51. The highest BCUT2D eigenvalue weighted by molar-refractivity contribution is 5.75. The Balaban J connectivity index is 1.52. The smallest absolute Gasteiger partial charge is 0.390 e. The van der Waals surface area contributed by atoms with Crippen molar-refractivity contribution < 1.29 is 23.0 Å². The van der Waals surface area contributed by atoms with Crippen LogP contribution in [0.4, 0.5) is 19.0 Å². The van der Waals surface area contributed by atoms with Gasteiger partial charge in [-0.3, -0.25) is 0 Å². The Morgan fingerprint density at radius 1 is 1.16 bits per heavy atom. The molecule has 5 rings (SSSR count). The summed E-state index contributed by atoms with van der Waals surface area (Å²) in [6.07, 6.45) is 0.798. The molecule has 0 amide bonds. The second-order valence-corrected chi connectivity index (χ2v) is 8.08. The first kappa shape index (κ1) is 20.1. The fourth-order valence-electron chi connectivity index (χ4n) is 4.43. The summed E-state index contributed by atoms with van der Waals surface area (Å²) in [4.78, 5) is 14.6. The zero-order valence-electron chi connectivity index (χ0n) is 16.6. The SMILES string of the molecule is OCc1nc2c(cnn2-c2cccnc2C(F)(F)F)nc1N1CCC2(CCOC2)CC1. The fourth-order valence-corrected chi connectivity index (χ4v) is 4.43. The number of nitrogens with zero attached hydrogens (tertiary/aromatic N) is 6. The average Bonchev–Trinajstić information content (AvgIpc) is 3.39. The average molecular weight is 434 g/mol. The Morgan fingerprint density at radius 2 is 1.97 bits per heavy atom. The molecule has 5 heterocycles. The number of fused-ring (bicyclic) bond motifs is 1. The molecule has 8 nitrogen and oxygen atoms in total. The molecular formula is C20H21F3N6O2. The largest absolute Gasteiger partial charge is 0.435 e. The van der Waals surface area contributed by atoms with Gasteiger partial charge >= 0.3 is 6.18 Å². The predicted molar refractivity (Wildman–Crippen MR) is 105 cm³/mol. The van der Waals surface area contributed by atoms with Crippen molar-refractivity contribution in [2.75, 3.05) is 31.2 Å². The van der Waals surface area contributed by atoms with Crippen LogP contribution in [0.2, 0.25) is 0 Å². The minimum absolute atomic E-state index is 0.143. The van der Waals surface area contributed by atoms with Crippen molar-refractivity contribution >= 4 is 17.0 Å². The maximum atomic E-state index is 13.4. The van der Waals surface area contributed by atoms with E-state index < -0.39 is 11.9 Å². The maximum Gasteiger partial charge on any atom is 0.435 e. The number of hydrogen-bond donors (Lipinski definition) is 1. The number of alkyl halides is 3. The second-order valence-electron chi connectivity index (χ2n) is 8.08. The summed E-state index contributed by atoms with van der Waals surface area (Å²) in [6.45, 7) is 2.70. The third-order valence-electron chi connectivity index (χ3n) is 6.19. The lowest BCUT2D eigenvalue weighted by molar-refractivity contribution is -0.141. The molecule has 0 atom stereocenters. The van der Waals surface area contributed by atoms with Crippen molar-refractivity contribution in [2.24, 2.45) is 5.41 Å². The van der Waals surface area contributed by atoms with E-state index in [-0.39, 0.29) is 23.4 Å². The Bertz CT molecular complexity index is 1100. The highest BCUT2D eigenvalue weighted by Crippen LogP contribution is 2.40. The lowest BCUT2D eigenvalue weighted by Crippen LogP contribution is -2.41. The van der Waals surface area contributed by atoms with Crippen LogP contribution in [0.3, 0.4) is 0 Å². The van der Waals surface area contributed by atoms with E-state index in [1.54, 1.807) is 0 Å².